The summed E-state index contributed by atoms with van der Waals surface area (Å²) in [5, 5.41) is 2.68. The Labute approximate surface area is 166 Å². The summed E-state index contributed by atoms with van der Waals surface area (Å²) in [6.45, 7) is 1.18. The largest absolute Gasteiger partial charge is 0.433 e. The van der Waals surface area contributed by atoms with Crippen molar-refractivity contribution in [3.05, 3.63) is 101 Å². The van der Waals surface area contributed by atoms with Gasteiger partial charge in [-0.05, 0) is 28.8 Å². The third kappa shape index (κ3) is 6.15. The Kier molecular flexibility index (Phi) is 6.61. The third-order valence-electron chi connectivity index (χ3n) is 4.14. The number of nitrogens with one attached hydrogen (secondary N) is 1. The highest BCUT2D eigenvalue weighted by Crippen LogP contribution is 2.27. The Hall–Kier alpha value is -3.19. The predicted octanol–water partition coefficient (Wildman–Crippen LogP) is 4.75. The molecule has 29 heavy (non-hydrogen) atoms. The Morgan fingerprint density at radius 1 is 0.897 bits per heavy atom. The maximum absolute atomic E-state index is 12.5. The summed E-state index contributed by atoms with van der Waals surface area (Å²) in [7, 11) is 0. The number of alkyl halides is 3. The minimum Gasteiger partial charge on any atom is -0.372 e. The predicted molar refractivity (Wildman–Crippen MR) is 102 cm³/mol. The molecule has 0 unspecified atom stereocenters. The van der Waals surface area contributed by atoms with Crippen molar-refractivity contribution in [2.45, 2.75) is 25.9 Å². The normalized spacial score (nSPS) is 11.3. The Bertz CT molecular complexity index is 942. The van der Waals surface area contributed by atoms with Crippen molar-refractivity contribution in [2.24, 2.45) is 0 Å². The number of carbonyl (C=O) groups excluding carboxylic acids is 1. The maximum atomic E-state index is 12.5. The first-order valence-corrected chi connectivity index (χ1v) is 8.93. The van der Waals surface area contributed by atoms with Crippen LogP contribution in [-0.2, 0) is 30.7 Å². The van der Waals surface area contributed by atoms with Crippen LogP contribution >= 0.6 is 0 Å². The van der Waals surface area contributed by atoms with Crippen LogP contribution in [-0.4, -0.2) is 10.9 Å². The van der Waals surface area contributed by atoms with E-state index in [0.29, 0.717) is 13.2 Å². The van der Waals surface area contributed by atoms with Crippen LogP contribution in [0.3, 0.4) is 0 Å². The minimum atomic E-state index is -4.53. The lowest BCUT2D eigenvalue weighted by molar-refractivity contribution is -0.141. The molecule has 3 aromatic rings. The van der Waals surface area contributed by atoms with Gasteiger partial charge in [0.2, 0.25) is 0 Å². The number of pyridine rings is 1. The molecule has 0 aliphatic heterocycles. The van der Waals surface area contributed by atoms with Crippen LogP contribution in [0.2, 0.25) is 0 Å². The molecule has 1 amide bonds. The van der Waals surface area contributed by atoms with E-state index in [0.717, 1.165) is 35.0 Å². The molecule has 1 N–H and O–H groups in total. The average molecular weight is 400 g/mol. The lowest BCUT2D eigenvalue weighted by Gasteiger charge is -2.09. The molecule has 0 bridgehead atoms. The smallest absolute Gasteiger partial charge is 0.372 e. The van der Waals surface area contributed by atoms with Crippen LogP contribution in [0, 0.1) is 0 Å². The fraction of sp³-hybridized carbons (Fsp3) is 0.182. The van der Waals surface area contributed by atoms with Crippen molar-refractivity contribution in [1.82, 2.24) is 10.3 Å². The van der Waals surface area contributed by atoms with Crippen LogP contribution in [0.25, 0.3) is 0 Å². The van der Waals surface area contributed by atoms with Crippen LogP contribution in [0.4, 0.5) is 13.2 Å². The Morgan fingerprint density at radius 2 is 1.59 bits per heavy atom. The van der Waals surface area contributed by atoms with Gasteiger partial charge >= 0.3 is 6.18 Å². The Balaban J connectivity index is 1.51. The summed E-state index contributed by atoms with van der Waals surface area (Å²) < 4.78 is 43.3. The van der Waals surface area contributed by atoms with Gasteiger partial charge in [-0.15, -0.1) is 0 Å². The number of hydrogen-bond acceptors (Lipinski definition) is 3. The number of ether oxygens (including phenoxy) is 1. The van der Waals surface area contributed by atoms with Crippen molar-refractivity contribution >= 4 is 5.91 Å². The maximum Gasteiger partial charge on any atom is 0.433 e. The molecule has 0 saturated carbocycles. The fourth-order valence-corrected chi connectivity index (χ4v) is 2.67. The molecule has 2 aromatic carbocycles. The van der Waals surface area contributed by atoms with E-state index in [4.69, 9.17) is 4.74 Å². The second-order valence-electron chi connectivity index (χ2n) is 6.41. The van der Waals surface area contributed by atoms with Crippen molar-refractivity contribution in [3.8, 4) is 0 Å². The highest BCUT2D eigenvalue weighted by molar-refractivity contribution is 5.93. The van der Waals surface area contributed by atoms with Gasteiger partial charge in [-0.2, -0.15) is 13.2 Å². The van der Waals surface area contributed by atoms with Crippen molar-refractivity contribution in [3.63, 3.8) is 0 Å². The molecule has 3 rings (SSSR count). The molecule has 0 atom stereocenters. The van der Waals surface area contributed by atoms with E-state index in [1.165, 1.54) is 0 Å². The van der Waals surface area contributed by atoms with Crippen molar-refractivity contribution in [1.29, 1.82) is 0 Å². The van der Waals surface area contributed by atoms with Crippen LogP contribution in [0.5, 0.6) is 0 Å². The van der Waals surface area contributed by atoms with Crippen LogP contribution in [0.1, 0.15) is 32.7 Å². The lowest BCUT2D eigenvalue weighted by atomic mass is 10.1. The number of aromatic nitrogens is 1. The zero-order valence-corrected chi connectivity index (χ0v) is 15.4. The highest BCUT2D eigenvalue weighted by Gasteiger charge is 2.32. The Morgan fingerprint density at radius 3 is 2.28 bits per heavy atom. The van der Waals surface area contributed by atoms with E-state index in [1.807, 2.05) is 54.6 Å². The molecule has 4 nitrogen and oxygen atoms in total. The fourth-order valence-electron chi connectivity index (χ4n) is 2.67. The SMILES string of the molecule is O=C(NCc1cccc(COCc2ccccc2)c1)c1ccc(C(F)(F)F)nc1. The molecule has 1 heterocycles. The number of carbonyl (C=O) groups is 1. The van der Waals surface area contributed by atoms with Crippen LogP contribution in [0.15, 0.2) is 72.9 Å². The third-order valence-corrected chi connectivity index (χ3v) is 4.14. The van der Waals surface area contributed by atoms with Gasteiger partial charge in [0, 0.05) is 12.7 Å². The molecule has 0 fully saturated rings. The molecular formula is C22H19F3N2O2. The number of hydrogen-bond donors (Lipinski definition) is 1. The molecule has 1 aromatic heterocycles. The van der Waals surface area contributed by atoms with Crippen LogP contribution < -0.4 is 5.32 Å². The van der Waals surface area contributed by atoms with Crippen molar-refractivity contribution in [2.75, 3.05) is 0 Å². The summed E-state index contributed by atoms with van der Waals surface area (Å²) in [5.74, 6) is -0.489. The molecule has 0 aliphatic rings. The first-order valence-electron chi connectivity index (χ1n) is 8.93. The number of nitrogens with zero attached hydrogens (tertiary/aromatic N) is 1. The molecule has 0 aliphatic carbocycles. The molecule has 150 valence electrons. The second kappa shape index (κ2) is 9.34. The number of amides is 1. The average Bonchev–Trinajstić information content (AvgIpc) is 2.72. The van der Waals surface area contributed by atoms with Gasteiger partial charge in [0.25, 0.3) is 5.91 Å². The van der Waals surface area contributed by atoms with Gasteiger partial charge in [-0.25, -0.2) is 0 Å². The van der Waals surface area contributed by atoms with Gasteiger partial charge in [-0.3, -0.25) is 9.78 Å². The topological polar surface area (TPSA) is 51.2 Å². The number of halogens is 3. The van der Waals surface area contributed by atoms with E-state index in [1.54, 1.807) is 0 Å². The molecule has 0 saturated heterocycles. The number of rotatable bonds is 7. The van der Waals surface area contributed by atoms with Gasteiger partial charge in [0.15, 0.2) is 0 Å². The summed E-state index contributed by atoms with van der Waals surface area (Å²) >= 11 is 0. The van der Waals surface area contributed by atoms with E-state index in [-0.39, 0.29) is 12.1 Å². The second-order valence-corrected chi connectivity index (χ2v) is 6.41. The highest BCUT2D eigenvalue weighted by atomic mass is 19.4. The number of benzene rings is 2. The molecule has 7 heteroatoms. The summed E-state index contributed by atoms with van der Waals surface area (Å²) in [4.78, 5) is 15.4. The zero-order chi connectivity index (χ0) is 20.7. The van der Waals surface area contributed by atoms with Gasteiger partial charge in [0.05, 0.1) is 18.8 Å². The van der Waals surface area contributed by atoms with E-state index >= 15 is 0 Å². The minimum absolute atomic E-state index is 0.0698. The first-order chi connectivity index (χ1) is 13.9. The van der Waals surface area contributed by atoms with Gasteiger partial charge in [-0.1, -0.05) is 54.6 Å². The molecule has 0 spiro atoms. The van der Waals surface area contributed by atoms with Crippen molar-refractivity contribution < 1.29 is 22.7 Å². The summed E-state index contributed by atoms with van der Waals surface area (Å²) in [5.41, 5.74) is 1.95. The summed E-state index contributed by atoms with van der Waals surface area (Å²) in [6.07, 6.45) is -3.61. The summed E-state index contributed by atoms with van der Waals surface area (Å²) in [6, 6.07) is 19.3. The zero-order valence-electron chi connectivity index (χ0n) is 15.4. The van der Waals surface area contributed by atoms with E-state index < -0.39 is 17.8 Å². The standard InChI is InChI=1S/C22H19F3N2O2/c23-22(24,25)20-10-9-19(13-26-20)21(28)27-12-17-7-4-8-18(11-17)15-29-14-16-5-2-1-3-6-16/h1-11,13H,12,14-15H2,(H,27,28). The quantitative estimate of drug-likeness (QED) is 0.623. The van der Waals surface area contributed by atoms with E-state index in [2.05, 4.69) is 10.3 Å². The van der Waals surface area contributed by atoms with Gasteiger partial charge in [0.1, 0.15) is 5.69 Å². The molecular weight excluding hydrogens is 381 g/mol. The van der Waals surface area contributed by atoms with Gasteiger partial charge < -0.3 is 10.1 Å². The monoisotopic (exact) mass is 400 g/mol. The molecule has 0 radical (unpaired) electrons. The lowest BCUT2D eigenvalue weighted by Crippen LogP contribution is -2.23. The first kappa shape index (κ1) is 20.5. The van der Waals surface area contributed by atoms with E-state index in [9.17, 15) is 18.0 Å².